The molecule has 2 heterocycles. The summed E-state index contributed by atoms with van der Waals surface area (Å²) in [5.41, 5.74) is 2.47. The summed E-state index contributed by atoms with van der Waals surface area (Å²) in [7, 11) is 0. The lowest BCUT2D eigenvalue weighted by Crippen LogP contribution is -2.48. The standard InChI is InChI=1S/C15H20N4/c1-3-4-7-11-10(2)16-14(17-11)15-18-12-8-5-6-9-13(12)19-15/h3,5-6,8-9,12-14,16-17H,1,4,7H2,2H3,(H,18,19)/t12?,13?,14-/m0/s1. The van der Waals surface area contributed by atoms with Crippen LogP contribution in [0.5, 0.6) is 0 Å². The van der Waals surface area contributed by atoms with Gasteiger partial charge in [-0.05, 0) is 19.8 Å². The highest BCUT2D eigenvalue weighted by Crippen LogP contribution is 2.19. The van der Waals surface area contributed by atoms with Gasteiger partial charge in [-0.15, -0.1) is 6.58 Å². The minimum absolute atomic E-state index is 0.0761. The summed E-state index contributed by atoms with van der Waals surface area (Å²) in [6.07, 6.45) is 12.4. The molecule has 2 aliphatic heterocycles. The summed E-state index contributed by atoms with van der Waals surface area (Å²) in [6, 6.07) is 0.544. The highest BCUT2D eigenvalue weighted by atomic mass is 15.3. The first-order valence-electron chi connectivity index (χ1n) is 6.81. The van der Waals surface area contributed by atoms with Crippen LogP contribution in [0.4, 0.5) is 0 Å². The first kappa shape index (κ1) is 12.1. The maximum Gasteiger partial charge on any atom is 0.155 e. The number of rotatable bonds is 4. The number of hydrogen-bond acceptors (Lipinski definition) is 4. The minimum atomic E-state index is 0.0761. The van der Waals surface area contributed by atoms with Gasteiger partial charge in [0.2, 0.25) is 0 Å². The molecular weight excluding hydrogens is 236 g/mol. The molecule has 0 aromatic heterocycles. The Hall–Kier alpha value is -1.97. The SMILES string of the molecule is C=CCCC1=C(C)N[C@H](C2=NC3C=CC=CC3N2)N1. The summed E-state index contributed by atoms with van der Waals surface area (Å²) in [6.45, 7) is 5.88. The summed E-state index contributed by atoms with van der Waals surface area (Å²) >= 11 is 0. The van der Waals surface area contributed by atoms with Gasteiger partial charge < -0.3 is 16.0 Å². The molecule has 0 amide bonds. The second-order valence-electron chi connectivity index (χ2n) is 5.10. The van der Waals surface area contributed by atoms with Gasteiger partial charge in [0.05, 0.1) is 12.1 Å². The summed E-state index contributed by atoms with van der Waals surface area (Å²) < 4.78 is 0. The van der Waals surface area contributed by atoms with Crippen LogP contribution in [0.1, 0.15) is 19.8 Å². The fourth-order valence-electron chi connectivity index (χ4n) is 2.64. The first-order valence-corrected chi connectivity index (χ1v) is 6.81. The molecule has 4 heteroatoms. The molecule has 0 radical (unpaired) electrons. The molecule has 0 saturated carbocycles. The number of allylic oxidation sites excluding steroid dienone is 5. The average Bonchev–Trinajstić information content (AvgIpc) is 2.99. The van der Waals surface area contributed by atoms with E-state index in [1.807, 2.05) is 6.08 Å². The van der Waals surface area contributed by atoms with E-state index in [2.05, 4.69) is 53.8 Å². The van der Waals surface area contributed by atoms with Gasteiger partial charge in [-0.3, -0.25) is 4.99 Å². The summed E-state index contributed by atoms with van der Waals surface area (Å²) in [4.78, 5) is 4.74. The maximum absolute atomic E-state index is 4.74. The van der Waals surface area contributed by atoms with E-state index in [1.54, 1.807) is 0 Å². The van der Waals surface area contributed by atoms with Crippen molar-refractivity contribution in [2.75, 3.05) is 0 Å². The van der Waals surface area contributed by atoms with Gasteiger partial charge in [0.1, 0.15) is 5.84 Å². The van der Waals surface area contributed by atoms with Crippen LogP contribution in [0.3, 0.4) is 0 Å². The van der Waals surface area contributed by atoms with E-state index in [0.717, 1.165) is 18.7 Å². The van der Waals surface area contributed by atoms with Gasteiger partial charge >= 0.3 is 0 Å². The zero-order valence-electron chi connectivity index (χ0n) is 11.2. The lowest BCUT2D eigenvalue weighted by Gasteiger charge is -2.17. The molecule has 3 atom stereocenters. The molecule has 19 heavy (non-hydrogen) atoms. The maximum atomic E-state index is 4.74. The van der Waals surface area contributed by atoms with Crippen LogP contribution < -0.4 is 16.0 Å². The zero-order valence-corrected chi connectivity index (χ0v) is 11.2. The third-order valence-corrected chi connectivity index (χ3v) is 3.71. The molecule has 3 N–H and O–H groups in total. The van der Waals surface area contributed by atoms with Gasteiger partial charge in [-0.1, -0.05) is 30.4 Å². The lowest BCUT2D eigenvalue weighted by molar-refractivity contribution is 0.651. The van der Waals surface area contributed by atoms with Crippen LogP contribution in [0, 0.1) is 0 Å². The Kier molecular flexibility index (Phi) is 3.15. The quantitative estimate of drug-likeness (QED) is 0.669. The van der Waals surface area contributed by atoms with Crippen molar-refractivity contribution in [2.24, 2.45) is 4.99 Å². The van der Waals surface area contributed by atoms with E-state index in [4.69, 9.17) is 4.99 Å². The smallest absolute Gasteiger partial charge is 0.155 e. The largest absolute Gasteiger partial charge is 0.362 e. The average molecular weight is 256 g/mol. The van der Waals surface area contributed by atoms with Crippen LogP contribution in [0.2, 0.25) is 0 Å². The molecule has 2 unspecified atom stereocenters. The van der Waals surface area contributed by atoms with Crippen molar-refractivity contribution >= 4 is 5.84 Å². The van der Waals surface area contributed by atoms with Crippen molar-refractivity contribution in [2.45, 2.75) is 38.0 Å². The molecule has 0 saturated heterocycles. The van der Waals surface area contributed by atoms with E-state index < -0.39 is 0 Å². The van der Waals surface area contributed by atoms with E-state index >= 15 is 0 Å². The fraction of sp³-hybridized carbons (Fsp3) is 0.400. The van der Waals surface area contributed by atoms with E-state index in [1.165, 1.54) is 11.4 Å². The van der Waals surface area contributed by atoms with Gasteiger partial charge in [0, 0.05) is 11.4 Å². The summed E-state index contributed by atoms with van der Waals surface area (Å²) in [5, 5.41) is 10.4. The minimum Gasteiger partial charge on any atom is -0.362 e. The molecule has 0 aromatic carbocycles. The Bertz CT molecular complexity index is 498. The van der Waals surface area contributed by atoms with Crippen LogP contribution in [-0.2, 0) is 0 Å². The zero-order chi connectivity index (χ0) is 13.2. The van der Waals surface area contributed by atoms with Crippen molar-refractivity contribution in [3.63, 3.8) is 0 Å². The molecule has 0 fully saturated rings. The topological polar surface area (TPSA) is 48.5 Å². The normalized spacial score (nSPS) is 31.4. The second-order valence-corrected chi connectivity index (χ2v) is 5.10. The van der Waals surface area contributed by atoms with Crippen LogP contribution in [0.25, 0.3) is 0 Å². The van der Waals surface area contributed by atoms with E-state index in [9.17, 15) is 0 Å². The van der Waals surface area contributed by atoms with Gasteiger partial charge in [0.15, 0.2) is 6.17 Å². The highest BCUT2D eigenvalue weighted by Gasteiger charge is 2.32. The number of aliphatic imine (C=N–C) groups is 1. The number of hydrogen-bond donors (Lipinski definition) is 3. The number of fused-ring (bicyclic) bond motifs is 1. The van der Waals surface area contributed by atoms with E-state index in [-0.39, 0.29) is 12.2 Å². The van der Waals surface area contributed by atoms with Crippen molar-refractivity contribution in [3.8, 4) is 0 Å². The lowest BCUT2D eigenvalue weighted by atomic mass is 10.1. The Morgan fingerprint density at radius 2 is 2.11 bits per heavy atom. The van der Waals surface area contributed by atoms with Crippen molar-refractivity contribution in [1.82, 2.24) is 16.0 Å². The van der Waals surface area contributed by atoms with E-state index in [0.29, 0.717) is 6.04 Å². The van der Waals surface area contributed by atoms with Crippen LogP contribution in [0.15, 0.2) is 53.3 Å². The molecular formula is C15H20N4. The number of nitrogens with zero attached hydrogens (tertiary/aromatic N) is 1. The second kappa shape index (κ2) is 4.96. The number of amidine groups is 1. The predicted molar refractivity (Wildman–Crippen MR) is 78.6 cm³/mol. The Morgan fingerprint density at radius 1 is 1.26 bits per heavy atom. The summed E-state index contributed by atoms with van der Waals surface area (Å²) in [5.74, 6) is 0.999. The third-order valence-electron chi connectivity index (χ3n) is 3.71. The van der Waals surface area contributed by atoms with Crippen LogP contribution in [-0.4, -0.2) is 24.1 Å². The molecule has 1 aliphatic carbocycles. The Balaban J connectivity index is 1.65. The first-order chi connectivity index (χ1) is 9.28. The Labute approximate surface area is 114 Å². The molecule has 100 valence electrons. The highest BCUT2D eigenvalue weighted by molar-refractivity contribution is 5.90. The Morgan fingerprint density at radius 3 is 2.89 bits per heavy atom. The van der Waals surface area contributed by atoms with Crippen molar-refractivity contribution < 1.29 is 0 Å². The molecule has 0 bridgehead atoms. The third kappa shape index (κ3) is 2.30. The van der Waals surface area contributed by atoms with Gasteiger partial charge in [0.25, 0.3) is 0 Å². The van der Waals surface area contributed by atoms with Gasteiger partial charge in [-0.25, -0.2) is 0 Å². The van der Waals surface area contributed by atoms with Gasteiger partial charge in [-0.2, -0.15) is 0 Å². The molecule has 4 nitrogen and oxygen atoms in total. The molecule has 0 aromatic rings. The molecule has 3 aliphatic rings. The predicted octanol–water partition coefficient (Wildman–Crippen LogP) is 1.57. The van der Waals surface area contributed by atoms with Crippen molar-refractivity contribution in [3.05, 3.63) is 48.4 Å². The molecule has 0 spiro atoms. The monoisotopic (exact) mass is 256 g/mol. The number of nitrogens with one attached hydrogen (secondary N) is 3. The van der Waals surface area contributed by atoms with Crippen LogP contribution >= 0.6 is 0 Å². The van der Waals surface area contributed by atoms with Crippen molar-refractivity contribution in [1.29, 1.82) is 0 Å². The molecule has 3 rings (SSSR count). The fourth-order valence-corrected chi connectivity index (χ4v) is 2.64.